The molecule has 0 aliphatic heterocycles. The first kappa shape index (κ1) is 23.7. The maximum absolute atomic E-state index is 11.6. The predicted molar refractivity (Wildman–Crippen MR) is 139 cm³/mol. The number of nitro groups is 1. The number of nitrogens with zero attached hydrogens (tertiary/aromatic N) is 2. The molecule has 0 atom stereocenters. The second kappa shape index (κ2) is 10.2. The third-order valence-electron chi connectivity index (χ3n) is 5.36. The highest BCUT2D eigenvalue weighted by atomic mass is 35.5. The molecule has 0 amide bonds. The molecule has 1 aromatic heterocycles. The summed E-state index contributed by atoms with van der Waals surface area (Å²) in [6, 6.07) is 19.0. The SMILES string of the molecule is COc1ccc(-c2nc(-c3cc(C)cc(C)c3)sc2NCCc2ccc(Cl)cc2)cc1[N+](=O)[O-]. The number of hydrogen-bond donors (Lipinski definition) is 1. The van der Waals surface area contributed by atoms with Gasteiger partial charge in [0.15, 0.2) is 5.75 Å². The minimum Gasteiger partial charge on any atom is -0.490 e. The standard InChI is InChI=1S/C26H24ClN3O3S/c1-16-12-17(2)14-20(13-16)25-29-24(19-6-9-23(33-3)22(15-19)30(31)32)26(34-25)28-11-10-18-4-7-21(27)8-5-18/h4-9,12-15,28H,10-11H2,1-3H3. The first-order chi connectivity index (χ1) is 16.3. The summed E-state index contributed by atoms with van der Waals surface area (Å²) in [4.78, 5) is 16.1. The van der Waals surface area contributed by atoms with Gasteiger partial charge in [0.2, 0.25) is 0 Å². The fourth-order valence-corrected chi connectivity index (χ4v) is 4.94. The van der Waals surface area contributed by atoms with E-state index in [2.05, 4.69) is 37.4 Å². The van der Waals surface area contributed by atoms with Crippen molar-refractivity contribution in [3.8, 4) is 27.6 Å². The molecule has 0 aliphatic carbocycles. The fourth-order valence-electron chi connectivity index (χ4n) is 3.81. The summed E-state index contributed by atoms with van der Waals surface area (Å²) in [5.74, 6) is 0.218. The van der Waals surface area contributed by atoms with Gasteiger partial charge in [0, 0.05) is 28.8 Å². The summed E-state index contributed by atoms with van der Waals surface area (Å²) < 4.78 is 5.17. The molecule has 0 unspecified atom stereocenters. The van der Waals surface area contributed by atoms with Crippen LogP contribution in [0.5, 0.6) is 5.75 Å². The largest absolute Gasteiger partial charge is 0.490 e. The molecule has 8 heteroatoms. The van der Waals surface area contributed by atoms with Gasteiger partial charge in [0.25, 0.3) is 0 Å². The second-order valence-electron chi connectivity index (χ2n) is 8.02. The Morgan fingerprint density at radius 1 is 1.03 bits per heavy atom. The summed E-state index contributed by atoms with van der Waals surface area (Å²) in [6.45, 7) is 4.80. The van der Waals surface area contributed by atoms with Gasteiger partial charge in [-0.3, -0.25) is 10.1 Å². The molecule has 0 saturated heterocycles. The van der Waals surface area contributed by atoms with Gasteiger partial charge in [-0.25, -0.2) is 4.98 Å². The van der Waals surface area contributed by atoms with Crippen LogP contribution in [0, 0.1) is 24.0 Å². The number of aromatic nitrogens is 1. The van der Waals surface area contributed by atoms with Crippen LogP contribution >= 0.6 is 22.9 Å². The third-order valence-corrected chi connectivity index (χ3v) is 6.67. The molecule has 34 heavy (non-hydrogen) atoms. The normalized spacial score (nSPS) is 10.8. The predicted octanol–water partition coefficient (Wildman–Crippen LogP) is 7.32. The Kier molecular flexibility index (Phi) is 7.14. The molecular weight excluding hydrogens is 470 g/mol. The summed E-state index contributed by atoms with van der Waals surface area (Å²) in [5, 5.41) is 17.5. The van der Waals surface area contributed by atoms with Gasteiger partial charge in [0.05, 0.1) is 12.0 Å². The number of nitro benzene ring substituents is 1. The number of benzene rings is 3. The lowest BCUT2D eigenvalue weighted by molar-refractivity contribution is -0.385. The van der Waals surface area contributed by atoms with Crippen LogP contribution in [0.1, 0.15) is 16.7 Å². The maximum atomic E-state index is 11.6. The average Bonchev–Trinajstić information content (AvgIpc) is 3.23. The van der Waals surface area contributed by atoms with Crippen LogP contribution in [-0.4, -0.2) is 23.6 Å². The monoisotopic (exact) mass is 493 g/mol. The van der Waals surface area contributed by atoms with Crippen LogP contribution in [0.2, 0.25) is 5.02 Å². The molecule has 0 spiro atoms. The highest BCUT2D eigenvalue weighted by molar-refractivity contribution is 7.19. The zero-order valence-electron chi connectivity index (χ0n) is 19.1. The Morgan fingerprint density at radius 3 is 2.38 bits per heavy atom. The number of hydrogen-bond acceptors (Lipinski definition) is 6. The van der Waals surface area contributed by atoms with Crippen molar-refractivity contribution in [3.05, 3.63) is 92.5 Å². The Hall–Kier alpha value is -3.42. The fraction of sp³-hybridized carbons (Fsp3) is 0.192. The van der Waals surface area contributed by atoms with E-state index in [9.17, 15) is 10.1 Å². The van der Waals surface area contributed by atoms with Crippen molar-refractivity contribution >= 4 is 33.6 Å². The Morgan fingerprint density at radius 2 is 1.74 bits per heavy atom. The van der Waals surface area contributed by atoms with E-state index in [1.165, 1.54) is 13.2 Å². The molecule has 0 radical (unpaired) electrons. The third kappa shape index (κ3) is 5.38. The molecule has 6 nitrogen and oxygen atoms in total. The van der Waals surface area contributed by atoms with E-state index in [0.29, 0.717) is 22.8 Å². The molecule has 1 N–H and O–H groups in total. The number of methoxy groups -OCH3 is 1. The molecule has 0 aliphatic rings. The summed E-state index contributed by atoms with van der Waals surface area (Å²) in [5.41, 5.74) is 5.76. The molecule has 0 saturated carbocycles. The number of ether oxygens (including phenoxy) is 1. The van der Waals surface area contributed by atoms with E-state index in [-0.39, 0.29) is 11.4 Å². The van der Waals surface area contributed by atoms with Crippen molar-refractivity contribution in [3.63, 3.8) is 0 Å². The van der Waals surface area contributed by atoms with Crippen LogP contribution in [0.15, 0.2) is 60.7 Å². The lowest BCUT2D eigenvalue weighted by Crippen LogP contribution is -2.04. The number of thiazole rings is 1. The van der Waals surface area contributed by atoms with Crippen molar-refractivity contribution in [2.45, 2.75) is 20.3 Å². The molecule has 4 aromatic rings. The number of anilines is 1. The highest BCUT2D eigenvalue weighted by Gasteiger charge is 2.20. The van der Waals surface area contributed by atoms with Gasteiger partial charge in [-0.2, -0.15) is 0 Å². The van der Waals surface area contributed by atoms with Crippen molar-refractivity contribution in [2.24, 2.45) is 0 Å². The quantitative estimate of drug-likeness (QED) is 0.205. The zero-order valence-corrected chi connectivity index (χ0v) is 20.7. The Labute approximate surface area is 207 Å². The van der Waals surface area contributed by atoms with E-state index in [4.69, 9.17) is 21.3 Å². The summed E-state index contributed by atoms with van der Waals surface area (Å²) in [7, 11) is 1.42. The smallest absolute Gasteiger partial charge is 0.311 e. The van der Waals surface area contributed by atoms with Crippen molar-refractivity contribution < 1.29 is 9.66 Å². The van der Waals surface area contributed by atoms with Crippen LogP contribution in [0.3, 0.4) is 0 Å². The van der Waals surface area contributed by atoms with E-state index < -0.39 is 4.92 Å². The van der Waals surface area contributed by atoms with E-state index in [1.54, 1.807) is 23.5 Å². The number of aryl methyl sites for hydroxylation is 2. The van der Waals surface area contributed by atoms with Crippen LogP contribution in [0.25, 0.3) is 21.8 Å². The molecule has 3 aromatic carbocycles. The van der Waals surface area contributed by atoms with Gasteiger partial charge in [-0.1, -0.05) is 52.3 Å². The Bertz CT molecular complexity index is 1320. The number of rotatable bonds is 8. The Balaban J connectivity index is 1.71. The second-order valence-corrected chi connectivity index (χ2v) is 9.46. The highest BCUT2D eigenvalue weighted by Crippen LogP contribution is 2.41. The van der Waals surface area contributed by atoms with Gasteiger partial charge in [0.1, 0.15) is 15.7 Å². The molecule has 4 rings (SSSR count). The number of halogens is 1. The van der Waals surface area contributed by atoms with Crippen molar-refractivity contribution in [1.29, 1.82) is 0 Å². The van der Waals surface area contributed by atoms with Gasteiger partial charge >= 0.3 is 5.69 Å². The van der Waals surface area contributed by atoms with E-state index >= 15 is 0 Å². The van der Waals surface area contributed by atoms with E-state index in [0.717, 1.165) is 38.7 Å². The summed E-state index contributed by atoms with van der Waals surface area (Å²) >= 11 is 7.53. The van der Waals surface area contributed by atoms with Crippen LogP contribution in [-0.2, 0) is 6.42 Å². The average molecular weight is 494 g/mol. The summed E-state index contributed by atoms with van der Waals surface area (Å²) in [6.07, 6.45) is 0.802. The van der Waals surface area contributed by atoms with Gasteiger partial charge in [-0.05, 0) is 62.2 Å². The van der Waals surface area contributed by atoms with Crippen LogP contribution < -0.4 is 10.1 Å². The maximum Gasteiger partial charge on any atom is 0.311 e. The van der Waals surface area contributed by atoms with Crippen molar-refractivity contribution in [2.75, 3.05) is 19.0 Å². The molecular formula is C26H24ClN3O3S. The van der Waals surface area contributed by atoms with Crippen LogP contribution in [0.4, 0.5) is 10.7 Å². The molecule has 0 bridgehead atoms. The first-order valence-electron chi connectivity index (χ1n) is 10.7. The lowest BCUT2D eigenvalue weighted by Gasteiger charge is -2.08. The van der Waals surface area contributed by atoms with Crippen molar-refractivity contribution in [1.82, 2.24) is 4.98 Å². The zero-order chi connectivity index (χ0) is 24.2. The van der Waals surface area contributed by atoms with Gasteiger partial charge < -0.3 is 10.1 Å². The first-order valence-corrected chi connectivity index (χ1v) is 11.9. The molecule has 174 valence electrons. The lowest BCUT2D eigenvalue weighted by atomic mass is 10.1. The number of nitrogens with one attached hydrogen (secondary N) is 1. The van der Waals surface area contributed by atoms with E-state index in [1.807, 2.05) is 24.3 Å². The molecule has 0 fully saturated rings. The minimum absolute atomic E-state index is 0.0898. The minimum atomic E-state index is -0.437. The topological polar surface area (TPSA) is 77.3 Å². The molecule has 1 heterocycles. The van der Waals surface area contributed by atoms with Gasteiger partial charge in [-0.15, -0.1) is 0 Å².